The molecule has 0 amide bonds. The lowest BCUT2D eigenvalue weighted by molar-refractivity contribution is -0.685. The molecule has 0 atom stereocenters. The van der Waals surface area contributed by atoms with Crippen molar-refractivity contribution in [2.75, 3.05) is 11.9 Å². The van der Waals surface area contributed by atoms with E-state index in [0.717, 1.165) is 36.4 Å². The number of fused-ring (bicyclic) bond motifs is 1. The van der Waals surface area contributed by atoms with Gasteiger partial charge in [0.2, 0.25) is 0 Å². The van der Waals surface area contributed by atoms with Crippen molar-refractivity contribution >= 4 is 51.2 Å². The molecule has 0 saturated heterocycles. The van der Waals surface area contributed by atoms with E-state index in [2.05, 4.69) is 10.6 Å². The molecule has 3 heterocycles. The third kappa shape index (κ3) is 4.83. The second-order valence-corrected chi connectivity index (χ2v) is 10.8. The Morgan fingerprint density at radius 1 is 1.17 bits per heavy atom. The zero-order valence-electron chi connectivity index (χ0n) is 19.1. The smallest absolute Gasteiger partial charge is 0.271 e. The molecule has 5 nitrogen and oxygen atoms in total. The first-order valence-corrected chi connectivity index (χ1v) is 13.3. The van der Waals surface area contributed by atoms with Crippen LogP contribution in [0.5, 0.6) is 0 Å². The minimum absolute atomic E-state index is 0. The highest BCUT2D eigenvalue weighted by molar-refractivity contribution is 8.08. The minimum Gasteiger partial charge on any atom is -1.00 e. The summed E-state index contributed by atoms with van der Waals surface area (Å²) in [5.41, 5.74) is 2.84. The summed E-state index contributed by atoms with van der Waals surface area (Å²) in [6.07, 6.45) is 4.08. The zero-order chi connectivity index (χ0) is 23.8. The van der Waals surface area contributed by atoms with E-state index in [1.165, 1.54) is 35.2 Å². The fourth-order valence-electron chi connectivity index (χ4n) is 4.01. The molecule has 0 radical (unpaired) electrons. The average molecular weight is 548 g/mol. The lowest BCUT2D eigenvalue weighted by atomic mass is 10.1. The van der Waals surface area contributed by atoms with E-state index in [9.17, 15) is 14.3 Å². The molecule has 0 saturated carbocycles. The number of halogens is 2. The standard InChI is InChI=1S/C25H23FN3O2S3.ClH/c1-3-29-22(13-21-28(10-11-32-21)14-16-6-4-5-7-17(16)15-30)34-23(24(29)31)25-27(2)19-9-8-18(26)12-20(19)33-25;/h4-13,30H,3,14-15H2,1-2H3;1H/q+1;/p-1/b25-23+;. The number of rotatable bonds is 5. The largest absolute Gasteiger partial charge is 1.00 e. The highest BCUT2D eigenvalue weighted by Gasteiger charge is 2.25. The molecule has 0 fully saturated rings. The van der Waals surface area contributed by atoms with Gasteiger partial charge >= 0.3 is 0 Å². The van der Waals surface area contributed by atoms with Crippen LogP contribution in [0.1, 0.15) is 23.1 Å². The maximum atomic E-state index is 13.7. The Kier molecular flexibility index (Phi) is 7.83. The summed E-state index contributed by atoms with van der Waals surface area (Å²) in [5, 5.41) is 13.5. The molecule has 35 heavy (non-hydrogen) atoms. The van der Waals surface area contributed by atoms with Gasteiger partial charge in [-0.1, -0.05) is 47.4 Å². The van der Waals surface area contributed by atoms with Gasteiger partial charge in [-0.3, -0.25) is 9.36 Å². The van der Waals surface area contributed by atoms with Gasteiger partial charge in [0, 0.05) is 24.1 Å². The number of benzene rings is 2. The number of hydrogen-bond acceptors (Lipinski definition) is 6. The first-order valence-electron chi connectivity index (χ1n) is 10.8. The number of thioether (sulfide) groups is 1. The van der Waals surface area contributed by atoms with Gasteiger partial charge in [-0.25, -0.2) is 4.39 Å². The molecule has 1 aliphatic heterocycles. The predicted molar refractivity (Wildman–Crippen MR) is 137 cm³/mol. The van der Waals surface area contributed by atoms with Crippen molar-refractivity contribution in [3.63, 3.8) is 0 Å². The van der Waals surface area contributed by atoms with Gasteiger partial charge in [-0.05, 0) is 30.7 Å². The topological polar surface area (TPSA) is 49.4 Å². The molecule has 0 bridgehead atoms. The molecule has 0 unspecified atom stereocenters. The Balaban J connectivity index is 0.00000289. The summed E-state index contributed by atoms with van der Waals surface area (Å²) in [6.45, 7) is 3.16. The Labute approximate surface area is 220 Å². The number of thiazole rings is 2. The highest BCUT2D eigenvalue weighted by atomic mass is 35.5. The lowest BCUT2D eigenvalue weighted by Gasteiger charge is -2.12. The van der Waals surface area contributed by atoms with Crippen molar-refractivity contribution in [1.82, 2.24) is 4.57 Å². The van der Waals surface area contributed by atoms with Crippen molar-refractivity contribution in [3.05, 3.63) is 95.5 Å². The Bertz CT molecular complexity index is 1560. The van der Waals surface area contributed by atoms with Crippen LogP contribution >= 0.6 is 34.4 Å². The molecule has 0 spiro atoms. The van der Waals surface area contributed by atoms with E-state index in [4.69, 9.17) is 0 Å². The van der Waals surface area contributed by atoms with Crippen LogP contribution in [-0.2, 0) is 19.7 Å². The molecular formula is C25H23ClFN3O2S3. The molecule has 10 heteroatoms. The van der Waals surface area contributed by atoms with E-state index in [1.807, 2.05) is 54.7 Å². The molecule has 1 N–H and O–H groups in total. The van der Waals surface area contributed by atoms with E-state index in [-0.39, 0.29) is 30.4 Å². The van der Waals surface area contributed by atoms with Crippen LogP contribution < -0.4 is 36.6 Å². The van der Waals surface area contributed by atoms with Crippen LogP contribution in [0.25, 0.3) is 11.1 Å². The van der Waals surface area contributed by atoms with Gasteiger partial charge in [-0.15, -0.1) is 11.3 Å². The molecule has 0 aliphatic carbocycles. The second-order valence-electron chi connectivity index (χ2n) is 7.84. The van der Waals surface area contributed by atoms with Gasteiger partial charge in [0.05, 0.1) is 23.8 Å². The van der Waals surface area contributed by atoms with Crippen LogP contribution in [-0.4, -0.2) is 16.7 Å². The van der Waals surface area contributed by atoms with E-state index in [0.29, 0.717) is 17.6 Å². The van der Waals surface area contributed by atoms with Crippen LogP contribution in [0, 0.1) is 5.82 Å². The Morgan fingerprint density at radius 3 is 2.69 bits per heavy atom. The molecule has 4 aromatic rings. The molecule has 2 aromatic heterocycles. The SMILES string of the molecule is CCn1c(=O)/c(=C2\Sc3cc(F)ccc3N2C)s/c1=C\c1scc[n+]1Cc1ccccc1CO.[Cl-]. The summed E-state index contributed by atoms with van der Waals surface area (Å²) in [5.74, 6) is -0.280. The van der Waals surface area contributed by atoms with E-state index in [1.54, 1.807) is 22.0 Å². The number of hydrogen-bond donors (Lipinski definition) is 1. The molecular weight excluding hydrogens is 525 g/mol. The average Bonchev–Trinajstić information content (AvgIpc) is 3.50. The van der Waals surface area contributed by atoms with E-state index >= 15 is 0 Å². The van der Waals surface area contributed by atoms with Crippen molar-refractivity contribution in [2.45, 2.75) is 31.5 Å². The fourth-order valence-corrected chi connectivity index (χ4v) is 7.35. The summed E-state index contributed by atoms with van der Waals surface area (Å²) in [6, 6.07) is 12.6. The zero-order valence-corrected chi connectivity index (χ0v) is 22.3. The van der Waals surface area contributed by atoms with Crippen LogP contribution in [0.4, 0.5) is 10.1 Å². The minimum atomic E-state index is -0.280. The van der Waals surface area contributed by atoms with Crippen molar-refractivity contribution < 1.29 is 26.5 Å². The monoisotopic (exact) mass is 547 g/mol. The fraction of sp³-hybridized carbons (Fsp3) is 0.200. The third-order valence-corrected chi connectivity index (χ3v) is 9.12. The summed E-state index contributed by atoms with van der Waals surface area (Å²) in [7, 11) is 1.91. The number of anilines is 1. The van der Waals surface area contributed by atoms with Gasteiger partial charge < -0.3 is 22.4 Å². The lowest BCUT2D eigenvalue weighted by Crippen LogP contribution is -3.00. The van der Waals surface area contributed by atoms with Gasteiger partial charge in [0.1, 0.15) is 20.0 Å². The van der Waals surface area contributed by atoms with Gasteiger partial charge in [0.15, 0.2) is 12.7 Å². The molecule has 1 aliphatic rings. The number of aliphatic hydroxyl groups excluding tert-OH is 1. The summed E-state index contributed by atoms with van der Waals surface area (Å²) in [4.78, 5) is 16.1. The Morgan fingerprint density at radius 2 is 1.94 bits per heavy atom. The summed E-state index contributed by atoms with van der Waals surface area (Å²) >= 11 is 4.50. The highest BCUT2D eigenvalue weighted by Crippen LogP contribution is 2.45. The third-order valence-electron chi connectivity index (χ3n) is 5.81. The van der Waals surface area contributed by atoms with Gasteiger partial charge in [-0.2, -0.15) is 4.57 Å². The number of aliphatic hydroxyl groups is 1. The number of nitrogens with zero attached hydrogens (tertiary/aromatic N) is 3. The van der Waals surface area contributed by atoms with Crippen molar-refractivity contribution in [1.29, 1.82) is 0 Å². The normalized spacial score (nSPS) is 14.9. The number of aromatic nitrogens is 2. The predicted octanol–water partition coefficient (Wildman–Crippen LogP) is 0.0990. The van der Waals surface area contributed by atoms with Crippen molar-refractivity contribution in [2.24, 2.45) is 0 Å². The molecule has 182 valence electrons. The van der Waals surface area contributed by atoms with Crippen LogP contribution in [0.2, 0.25) is 0 Å². The molecule has 5 rings (SSSR count). The van der Waals surface area contributed by atoms with Crippen LogP contribution in [0.3, 0.4) is 0 Å². The second kappa shape index (κ2) is 10.7. The Hall–Kier alpha value is -2.43. The first kappa shape index (κ1) is 25.7. The van der Waals surface area contributed by atoms with Crippen molar-refractivity contribution in [3.8, 4) is 0 Å². The van der Waals surface area contributed by atoms with Gasteiger partial charge in [0.25, 0.3) is 10.6 Å². The maximum absolute atomic E-state index is 13.7. The summed E-state index contributed by atoms with van der Waals surface area (Å²) < 4.78 is 19.2. The van der Waals surface area contributed by atoms with Crippen LogP contribution in [0.15, 0.2) is 63.7 Å². The molecule has 2 aromatic carbocycles. The van der Waals surface area contributed by atoms with E-state index < -0.39 is 0 Å². The maximum Gasteiger partial charge on any atom is 0.271 e. The first-order chi connectivity index (χ1) is 16.5. The quantitative estimate of drug-likeness (QED) is 0.360.